The van der Waals surface area contributed by atoms with E-state index < -0.39 is 29.0 Å². The second-order valence-corrected chi connectivity index (χ2v) is 3.75. The van der Waals surface area contributed by atoms with E-state index in [1.807, 2.05) is 0 Å². The van der Waals surface area contributed by atoms with Crippen molar-refractivity contribution in [2.75, 3.05) is 7.11 Å². The molecule has 0 aliphatic rings. The van der Waals surface area contributed by atoms with E-state index in [9.17, 15) is 23.1 Å². The predicted octanol–water partition coefficient (Wildman–Crippen LogP) is 2.96. The van der Waals surface area contributed by atoms with Gasteiger partial charge in [0.1, 0.15) is 11.3 Å². The van der Waals surface area contributed by atoms with Crippen molar-refractivity contribution in [1.82, 2.24) is 0 Å². The highest BCUT2D eigenvalue weighted by Crippen LogP contribution is 2.39. The van der Waals surface area contributed by atoms with Gasteiger partial charge in [0.25, 0.3) is 0 Å². The second-order valence-electron chi connectivity index (χ2n) is 2.84. The lowest BCUT2D eigenvalue weighted by Gasteiger charge is -2.12. The molecule has 0 aliphatic heterocycles. The zero-order valence-corrected chi connectivity index (χ0v) is 9.52. The van der Waals surface area contributed by atoms with Gasteiger partial charge in [0.2, 0.25) is 0 Å². The van der Waals surface area contributed by atoms with Crippen molar-refractivity contribution in [2.45, 2.75) is 6.18 Å². The molecule has 0 radical (unpaired) electrons. The van der Waals surface area contributed by atoms with Gasteiger partial charge in [-0.3, -0.25) is 0 Å². The minimum absolute atomic E-state index is 0.0259. The van der Waals surface area contributed by atoms with Gasteiger partial charge in [-0.1, -0.05) is 15.9 Å². The molecule has 0 saturated heterocycles. The Morgan fingerprint density at radius 1 is 1.44 bits per heavy atom. The third-order valence-electron chi connectivity index (χ3n) is 1.79. The number of benzene rings is 1. The van der Waals surface area contributed by atoms with Crippen LogP contribution in [-0.4, -0.2) is 18.2 Å². The van der Waals surface area contributed by atoms with E-state index in [0.717, 1.165) is 13.2 Å². The number of rotatable bonds is 1. The highest BCUT2D eigenvalue weighted by Gasteiger charge is 2.36. The average molecular weight is 299 g/mol. The van der Waals surface area contributed by atoms with Crippen LogP contribution in [0.5, 0.6) is 5.75 Å². The van der Waals surface area contributed by atoms with Crippen LogP contribution < -0.4 is 0 Å². The van der Waals surface area contributed by atoms with Crippen LogP contribution in [0.25, 0.3) is 0 Å². The third kappa shape index (κ3) is 2.46. The van der Waals surface area contributed by atoms with E-state index in [1.165, 1.54) is 0 Å². The fourth-order valence-electron chi connectivity index (χ4n) is 1.08. The van der Waals surface area contributed by atoms with E-state index in [4.69, 9.17) is 0 Å². The van der Waals surface area contributed by atoms with E-state index >= 15 is 0 Å². The normalized spacial score (nSPS) is 11.3. The van der Waals surface area contributed by atoms with Gasteiger partial charge in [-0.05, 0) is 12.1 Å². The van der Waals surface area contributed by atoms with Gasteiger partial charge in [0.05, 0.1) is 12.7 Å². The van der Waals surface area contributed by atoms with Crippen LogP contribution in [0.4, 0.5) is 13.2 Å². The summed E-state index contributed by atoms with van der Waals surface area (Å²) in [6, 6.07) is 1.73. The smallest absolute Gasteiger partial charge is 0.420 e. The van der Waals surface area contributed by atoms with Crippen LogP contribution in [-0.2, 0) is 10.9 Å². The minimum atomic E-state index is -4.74. The molecule has 16 heavy (non-hydrogen) atoms. The van der Waals surface area contributed by atoms with E-state index in [0.29, 0.717) is 6.07 Å². The molecule has 7 heteroatoms. The molecule has 1 rings (SSSR count). The van der Waals surface area contributed by atoms with Crippen LogP contribution >= 0.6 is 15.9 Å². The zero-order valence-electron chi connectivity index (χ0n) is 7.93. The first-order valence-electron chi connectivity index (χ1n) is 3.95. The first-order chi connectivity index (χ1) is 7.27. The molecular weight excluding hydrogens is 293 g/mol. The molecule has 0 fully saturated rings. The number of carbonyl (C=O) groups is 1. The Hall–Kier alpha value is -1.24. The molecular formula is C9H6BrF3O3. The molecule has 88 valence electrons. The number of methoxy groups -OCH3 is 1. The van der Waals surface area contributed by atoms with Crippen LogP contribution in [0, 0.1) is 0 Å². The quantitative estimate of drug-likeness (QED) is 0.811. The number of phenolic OH excluding ortho intramolecular Hbond substituents is 1. The first kappa shape index (κ1) is 12.8. The monoisotopic (exact) mass is 298 g/mol. The Morgan fingerprint density at radius 2 is 2.00 bits per heavy atom. The molecule has 0 unspecified atom stereocenters. The van der Waals surface area contributed by atoms with Crippen molar-refractivity contribution in [1.29, 1.82) is 0 Å². The predicted molar refractivity (Wildman–Crippen MR) is 52.1 cm³/mol. The lowest BCUT2D eigenvalue weighted by atomic mass is 10.1. The second kappa shape index (κ2) is 4.32. The lowest BCUT2D eigenvalue weighted by Crippen LogP contribution is -2.09. The summed E-state index contributed by atoms with van der Waals surface area (Å²) in [4.78, 5) is 11.1. The summed E-state index contributed by atoms with van der Waals surface area (Å²) in [5.41, 5.74) is -1.83. The van der Waals surface area contributed by atoms with Gasteiger partial charge in [-0.15, -0.1) is 0 Å². The molecule has 1 N–H and O–H groups in total. The van der Waals surface area contributed by atoms with E-state index in [2.05, 4.69) is 20.7 Å². The van der Waals surface area contributed by atoms with Gasteiger partial charge in [-0.25, -0.2) is 4.79 Å². The lowest BCUT2D eigenvalue weighted by molar-refractivity contribution is -0.138. The average Bonchev–Trinajstić information content (AvgIpc) is 2.18. The van der Waals surface area contributed by atoms with Gasteiger partial charge >= 0.3 is 12.1 Å². The fourth-order valence-corrected chi connectivity index (χ4v) is 1.54. The maximum atomic E-state index is 12.4. The van der Waals surface area contributed by atoms with Gasteiger partial charge in [-0.2, -0.15) is 13.2 Å². The molecule has 0 bridgehead atoms. The number of hydrogen-bond donors (Lipinski definition) is 1. The standard InChI is InChI=1S/C9H6BrF3O3/c1-16-8(15)5-2-4(10)3-6(7(5)14)9(11,12)13/h2-3,14H,1H3. The molecule has 0 amide bonds. The molecule has 1 aromatic carbocycles. The number of aromatic hydroxyl groups is 1. The molecule has 0 atom stereocenters. The first-order valence-corrected chi connectivity index (χ1v) is 4.74. The largest absolute Gasteiger partial charge is 0.506 e. The van der Waals surface area contributed by atoms with Crippen molar-refractivity contribution in [3.8, 4) is 5.75 Å². The number of ether oxygens (including phenoxy) is 1. The topological polar surface area (TPSA) is 46.5 Å². The summed E-state index contributed by atoms with van der Waals surface area (Å²) >= 11 is 2.82. The molecule has 0 aliphatic carbocycles. The Morgan fingerprint density at radius 3 is 2.44 bits per heavy atom. The highest BCUT2D eigenvalue weighted by atomic mass is 79.9. The Labute approximate surface area is 97.0 Å². The molecule has 3 nitrogen and oxygen atoms in total. The SMILES string of the molecule is COC(=O)c1cc(Br)cc(C(F)(F)F)c1O. The molecule has 0 saturated carbocycles. The van der Waals surface area contributed by atoms with E-state index in [-0.39, 0.29) is 4.47 Å². The molecule has 0 spiro atoms. The Bertz CT molecular complexity index is 429. The minimum Gasteiger partial charge on any atom is -0.506 e. The van der Waals surface area contributed by atoms with Crippen LogP contribution in [0.3, 0.4) is 0 Å². The maximum Gasteiger partial charge on any atom is 0.420 e. The summed E-state index contributed by atoms with van der Waals surface area (Å²) in [6.45, 7) is 0. The van der Waals surface area contributed by atoms with Crippen LogP contribution in [0.2, 0.25) is 0 Å². The van der Waals surface area contributed by atoms with Crippen molar-refractivity contribution in [2.24, 2.45) is 0 Å². The molecule has 0 heterocycles. The number of hydrogen-bond acceptors (Lipinski definition) is 3. The number of alkyl halides is 3. The summed E-state index contributed by atoms with van der Waals surface area (Å²) in [7, 11) is 1.01. The fraction of sp³-hybridized carbons (Fsp3) is 0.222. The Balaban J connectivity index is 3.44. The third-order valence-corrected chi connectivity index (χ3v) is 2.24. The van der Waals surface area contributed by atoms with Crippen LogP contribution in [0.15, 0.2) is 16.6 Å². The van der Waals surface area contributed by atoms with Gasteiger partial charge < -0.3 is 9.84 Å². The van der Waals surface area contributed by atoms with E-state index in [1.54, 1.807) is 0 Å². The van der Waals surface area contributed by atoms with Crippen molar-refractivity contribution in [3.63, 3.8) is 0 Å². The zero-order chi connectivity index (χ0) is 12.5. The van der Waals surface area contributed by atoms with Crippen molar-refractivity contribution >= 4 is 21.9 Å². The highest BCUT2D eigenvalue weighted by molar-refractivity contribution is 9.10. The summed E-state index contributed by atoms with van der Waals surface area (Å²) in [5.74, 6) is -2.17. The van der Waals surface area contributed by atoms with Gasteiger partial charge in [0.15, 0.2) is 0 Å². The van der Waals surface area contributed by atoms with Crippen molar-refractivity contribution < 1.29 is 27.8 Å². The Kier molecular flexibility index (Phi) is 3.47. The molecule has 0 aromatic heterocycles. The maximum absolute atomic E-state index is 12.4. The summed E-state index contributed by atoms with van der Waals surface area (Å²) in [6.07, 6.45) is -4.74. The number of carbonyl (C=O) groups excluding carboxylic acids is 1. The molecule has 1 aromatic rings. The van der Waals surface area contributed by atoms with Crippen molar-refractivity contribution in [3.05, 3.63) is 27.7 Å². The van der Waals surface area contributed by atoms with Crippen LogP contribution in [0.1, 0.15) is 15.9 Å². The number of esters is 1. The number of halogens is 4. The number of phenols is 1. The summed E-state index contributed by atoms with van der Waals surface area (Å²) < 4.78 is 41.6. The summed E-state index contributed by atoms with van der Waals surface area (Å²) in [5, 5.41) is 9.31. The van der Waals surface area contributed by atoms with Gasteiger partial charge in [0, 0.05) is 4.47 Å².